The summed E-state index contributed by atoms with van der Waals surface area (Å²) >= 11 is 0. The third kappa shape index (κ3) is 2.07. The summed E-state index contributed by atoms with van der Waals surface area (Å²) in [5.74, 6) is 0.689. The van der Waals surface area contributed by atoms with Gasteiger partial charge in [0.15, 0.2) is 0 Å². The first-order valence-electron chi connectivity index (χ1n) is 6.36. The summed E-state index contributed by atoms with van der Waals surface area (Å²) in [6.45, 7) is 11.4. The lowest BCUT2D eigenvalue weighted by atomic mass is 9.88. The Bertz CT molecular complexity index is 239. The van der Waals surface area contributed by atoms with E-state index in [-0.39, 0.29) is 5.60 Å². The third-order valence-electron chi connectivity index (χ3n) is 4.19. The summed E-state index contributed by atoms with van der Waals surface area (Å²) in [4.78, 5) is 0. The van der Waals surface area contributed by atoms with E-state index in [1.165, 1.54) is 12.8 Å². The molecule has 1 saturated carbocycles. The second-order valence-electron chi connectivity index (χ2n) is 6.29. The van der Waals surface area contributed by atoms with Crippen molar-refractivity contribution in [3.8, 4) is 0 Å². The summed E-state index contributed by atoms with van der Waals surface area (Å²) < 4.78 is 6.37. The van der Waals surface area contributed by atoms with Crippen LogP contribution in [0.2, 0.25) is 0 Å². The summed E-state index contributed by atoms with van der Waals surface area (Å²) in [5, 5.41) is 3.56. The largest absolute Gasteiger partial charge is 0.369 e. The first-order valence-corrected chi connectivity index (χ1v) is 6.36. The minimum absolute atomic E-state index is 0.127. The van der Waals surface area contributed by atoms with Gasteiger partial charge in [0, 0.05) is 13.1 Å². The van der Waals surface area contributed by atoms with Crippen molar-refractivity contribution in [1.29, 1.82) is 0 Å². The molecule has 0 aromatic rings. The van der Waals surface area contributed by atoms with Crippen molar-refractivity contribution in [2.45, 2.75) is 58.7 Å². The first kappa shape index (κ1) is 11.4. The van der Waals surface area contributed by atoms with E-state index < -0.39 is 0 Å². The maximum Gasteiger partial charge on any atom is 0.0841 e. The topological polar surface area (TPSA) is 21.3 Å². The quantitative estimate of drug-likeness (QED) is 0.720. The summed E-state index contributed by atoms with van der Waals surface area (Å²) in [6, 6.07) is 0. The molecule has 2 heteroatoms. The second-order valence-corrected chi connectivity index (χ2v) is 6.29. The number of hydrogen-bond acceptors (Lipinski definition) is 2. The molecule has 0 aromatic heterocycles. The number of hydrogen-bond donors (Lipinski definition) is 1. The average molecular weight is 211 g/mol. The summed E-state index contributed by atoms with van der Waals surface area (Å²) in [6.07, 6.45) is 4.06. The van der Waals surface area contributed by atoms with Gasteiger partial charge in [0.2, 0.25) is 0 Å². The molecule has 1 spiro atoms. The molecule has 88 valence electrons. The predicted molar refractivity (Wildman–Crippen MR) is 62.9 cm³/mol. The Balaban J connectivity index is 2.12. The Labute approximate surface area is 93.8 Å². The molecule has 1 aliphatic carbocycles. The van der Waals surface area contributed by atoms with Crippen molar-refractivity contribution >= 4 is 0 Å². The molecule has 3 atom stereocenters. The van der Waals surface area contributed by atoms with Crippen molar-refractivity contribution in [2.24, 2.45) is 11.3 Å². The average Bonchev–Trinajstić information content (AvgIpc) is 2.36. The Morgan fingerprint density at radius 1 is 1.40 bits per heavy atom. The fourth-order valence-electron chi connectivity index (χ4n) is 3.55. The van der Waals surface area contributed by atoms with E-state index in [4.69, 9.17) is 4.74 Å². The normalized spacial score (nSPS) is 44.8. The van der Waals surface area contributed by atoms with Crippen LogP contribution < -0.4 is 5.32 Å². The minimum Gasteiger partial charge on any atom is -0.369 e. The fourth-order valence-corrected chi connectivity index (χ4v) is 3.55. The number of rotatable bonds is 1. The number of ether oxygens (including phenoxy) is 1. The zero-order chi connectivity index (χ0) is 11.1. The molecule has 0 radical (unpaired) electrons. The van der Waals surface area contributed by atoms with Crippen LogP contribution in [0.3, 0.4) is 0 Å². The standard InChI is InChI=1S/C13H25NO/c1-5-11-7-14-9-13(15-11)8-12(3,4)6-10(13)2/h10-11,14H,5-9H2,1-4H3. The van der Waals surface area contributed by atoms with Crippen molar-refractivity contribution in [3.63, 3.8) is 0 Å². The molecule has 1 saturated heterocycles. The molecular formula is C13H25NO. The molecule has 2 nitrogen and oxygen atoms in total. The van der Waals surface area contributed by atoms with E-state index in [1.54, 1.807) is 0 Å². The van der Waals surface area contributed by atoms with Gasteiger partial charge in [0.05, 0.1) is 11.7 Å². The molecule has 1 heterocycles. The van der Waals surface area contributed by atoms with Crippen LogP contribution in [0.25, 0.3) is 0 Å². The van der Waals surface area contributed by atoms with Crippen LogP contribution in [-0.4, -0.2) is 24.8 Å². The highest BCUT2D eigenvalue weighted by Crippen LogP contribution is 2.50. The summed E-state index contributed by atoms with van der Waals surface area (Å²) in [7, 11) is 0. The van der Waals surface area contributed by atoms with Crippen LogP contribution in [0.15, 0.2) is 0 Å². The van der Waals surface area contributed by atoms with E-state index in [2.05, 4.69) is 33.0 Å². The number of morpholine rings is 1. The molecular weight excluding hydrogens is 186 g/mol. The molecule has 2 rings (SSSR count). The third-order valence-corrected chi connectivity index (χ3v) is 4.19. The van der Waals surface area contributed by atoms with Gasteiger partial charge in [-0.1, -0.05) is 27.7 Å². The first-order chi connectivity index (χ1) is 6.97. The van der Waals surface area contributed by atoms with Crippen LogP contribution in [0.1, 0.15) is 47.0 Å². The maximum absolute atomic E-state index is 6.37. The van der Waals surface area contributed by atoms with E-state index in [1.807, 2.05) is 0 Å². The molecule has 1 aliphatic heterocycles. The van der Waals surface area contributed by atoms with Crippen molar-refractivity contribution in [3.05, 3.63) is 0 Å². The molecule has 0 bridgehead atoms. The molecule has 2 fully saturated rings. The highest BCUT2D eigenvalue weighted by Gasteiger charge is 2.51. The molecule has 0 aromatic carbocycles. The van der Waals surface area contributed by atoms with Crippen molar-refractivity contribution in [2.75, 3.05) is 13.1 Å². The van der Waals surface area contributed by atoms with E-state index in [9.17, 15) is 0 Å². The minimum atomic E-state index is 0.127. The van der Waals surface area contributed by atoms with Gasteiger partial charge < -0.3 is 10.1 Å². The van der Waals surface area contributed by atoms with Gasteiger partial charge >= 0.3 is 0 Å². The van der Waals surface area contributed by atoms with Crippen molar-refractivity contribution < 1.29 is 4.74 Å². The lowest BCUT2D eigenvalue weighted by Crippen LogP contribution is -2.55. The second kappa shape index (κ2) is 3.74. The van der Waals surface area contributed by atoms with E-state index in [0.29, 0.717) is 17.4 Å². The van der Waals surface area contributed by atoms with Gasteiger partial charge in [-0.05, 0) is 30.6 Å². The van der Waals surface area contributed by atoms with Crippen LogP contribution in [0, 0.1) is 11.3 Å². The van der Waals surface area contributed by atoms with Gasteiger partial charge in [-0.3, -0.25) is 0 Å². The monoisotopic (exact) mass is 211 g/mol. The molecule has 0 amide bonds. The zero-order valence-electron chi connectivity index (χ0n) is 10.6. The van der Waals surface area contributed by atoms with Crippen LogP contribution in [-0.2, 0) is 4.74 Å². The van der Waals surface area contributed by atoms with Gasteiger partial charge in [-0.2, -0.15) is 0 Å². The highest BCUT2D eigenvalue weighted by atomic mass is 16.5. The smallest absolute Gasteiger partial charge is 0.0841 e. The van der Waals surface area contributed by atoms with E-state index in [0.717, 1.165) is 19.5 Å². The highest BCUT2D eigenvalue weighted by molar-refractivity contribution is 5.03. The van der Waals surface area contributed by atoms with Gasteiger partial charge in [0.25, 0.3) is 0 Å². The predicted octanol–water partition coefficient (Wildman–Crippen LogP) is 2.58. The Morgan fingerprint density at radius 2 is 2.13 bits per heavy atom. The summed E-state index contributed by atoms with van der Waals surface area (Å²) in [5.41, 5.74) is 0.582. The molecule has 2 aliphatic rings. The molecule has 15 heavy (non-hydrogen) atoms. The fraction of sp³-hybridized carbons (Fsp3) is 1.00. The van der Waals surface area contributed by atoms with Crippen LogP contribution >= 0.6 is 0 Å². The molecule has 1 N–H and O–H groups in total. The van der Waals surface area contributed by atoms with Crippen LogP contribution in [0.4, 0.5) is 0 Å². The van der Waals surface area contributed by atoms with Crippen LogP contribution in [0.5, 0.6) is 0 Å². The number of nitrogens with one attached hydrogen (secondary N) is 1. The maximum atomic E-state index is 6.37. The Kier molecular flexibility index (Phi) is 2.85. The van der Waals surface area contributed by atoms with E-state index >= 15 is 0 Å². The zero-order valence-corrected chi connectivity index (χ0v) is 10.6. The van der Waals surface area contributed by atoms with Crippen molar-refractivity contribution in [1.82, 2.24) is 5.32 Å². The van der Waals surface area contributed by atoms with Gasteiger partial charge in [-0.15, -0.1) is 0 Å². The lowest BCUT2D eigenvalue weighted by Gasteiger charge is -2.42. The SMILES string of the molecule is CCC1CNCC2(CC(C)(C)CC2C)O1. The van der Waals surface area contributed by atoms with Gasteiger partial charge in [0.1, 0.15) is 0 Å². The lowest BCUT2D eigenvalue weighted by molar-refractivity contribution is -0.136. The Hall–Kier alpha value is -0.0800. The molecule has 3 unspecified atom stereocenters. The Morgan fingerprint density at radius 3 is 2.67 bits per heavy atom. The van der Waals surface area contributed by atoms with Gasteiger partial charge in [-0.25, -0.2) is 0 Å².